The number of hydrogen-bond donors (Lipinski definition) is 1. The predicted octanol–water partition coefficient (Wildman–Crippen LogP) is 4.57. The summed E-state index contributed by atoms with van der Waals surface area (Å²) in [5.74, 6) is 0.247. The number of carbonyl (C=O) groups excluding carboxylic acids is 1. The number of aromatic nitrogens is 1. The molecule has 1 unspecified atom stereocenters. The van der Waals surface area contributed by atoms with Crippen molar-refractivity contribution >= 4 is 18.3 Å². The molecule has 5 rings (SSSR count). The minimum Gasteiger partial charge on any atom is -0.333 e. The Bertz CT molecular complexity index is 1050. The van der Waals surface area contributed by atoms with Gasteiger partial charge in [0.05, 0.1) is 6.04 Å². The predicted molar refractivity (Wildman–Crippen MR) is 126 cm³/mol. The number of benzene rings is 2. The molecule has 0 spiro atoms. The smallest absolute Gasteiger partial charge is 0.223 e. The molecule has 4 nitrogen and oxygen atoms in total. The van der Waals surface area contributed by atoms with E-state index in [-0.39, 0.29) is 24.4 Å². The fourth-order valence-electron chi connectivity index (χ4n) is 4.79. The highest BCUT2D eigenvalue weighted by Gasteiger charge is 2.27. The lowest BCUT2D eigenvalue weighted by Crippen LogP contribution is -2.48. The summed E-state index contributed by atoms with van der Waals surface area (Å²) in [5.41, 5.74) is 7.99. The van der Waals surface area contributed by atoms with Crippen molar-refractivity contribution in [3.05, 3.63) is 89.2 Å². The fraction of sp³-hybridized carbons (Fsp3) is 0.308. The van der Waals surface area contributed by atoms with Crippen molar-refractivity contribution in [1.82, 2.24) is 15.2 Å². The number of nitrogens with zero attached hydrogens (tertiary/aromatic N) is 2. The number of halogens is 1. The average Bonchev–Trinajstić information content (AvgIpc) is 3.18. The van der Waals surface area contributed by atoms with Gasteiger partial charge in [-0.25, -0.2) is 0 Å². The number of carbonyl (C=O) groups is 1. The van der Waals surface area contributed by atoms with Gasteiger partial charge in [0.25, 0.3) is 0 Å². The van der Waals surface area contributed by atoms with Crippen LogP contribution in [0.2, 0.25) is 0 Å². The van der Waals surface area contributed by atoms with E-state index in [4.69, 9.17) is 0 Å². The molecule has 0 bridgehead atoms. The van der Waals surface area contributed by atoms with Gasteiger partial charge < -0.3 is 10.2 Å². The van der Waals surface area contributed by atoms with E-state index in [1.165, 1.54) is 27.8 Å². The van der Waals surface area contributed by atoms with Crippen LogP contribution in [0.3, 0.4) is 0 Å². The van der Waals surface area contributed by atoms with Gasteiger partial charge in [-0.2, -0.15) is 0 Å². The Morgan fingerprint density at radius 1 is 1.06 bits per heavy atom. The molecule has 160 valence electrons. The lowest BCUT2D eigenvalue weighted by atomic mass is 9.99. The molecule has 5 heteroatoms. The number of hydrogen-bond acceptors (Lipinski definition) is 3. The van der Waals surface area contributed by atoms with Gasteiger partial charge >= 0.3 is 0 Å². The summed E-state index contributed by atoms with van der Waals surface area (Å²) in [6.07, 6.45) is 7.09. The van der Waals surface area contributed by atoms with Crippen LogP contribution in [0.15, 0.2) is 67.0 Å². The Hall–Kier alpha value is -2.69. The Kier molecular flexibility index (Phi) is 6.69. The normalized spacial score (nSPS) is 16.9. The first-order valence-corrected chi connectivity index (χ1v) is 10.9. The molecule has 1 amide bonds. The topological polar surface area (TPSA) is 45.2 Å². The Morgan fingerprint density at radius 2 is 1.94 bits per heavy atom. The third-order valence-electron chi connectivity index (χ3n) is 6.35. The second-order valence-electron chi connectivity index (χ2n) is 8.27. The highest BCUT2D eigenvalue weighted by Crippen LogP contribution is 2.37. The van der Waals surface area contributed by atoms with Crippen LogP contribution < -0.4 is 5.32 Å². The molecular weight excluding hydrogens is 406 g/mol. The van der Waals surface area contributed by atoms with E-state index in [9.17, 15) is 4.79 Å². The van der Waals surface area contributed by atoms with E-state index in [2.05, 4.69) is 58.8 Å². The average molecular weight is 434 g/mol. The van der Waals surface area contributed by atoms with Crippen LogP contribution in [0, 0.1) is 0 Å². The van der Waals surface area contributed by atoms with Crippen molar-refractivity contribution in [3.63, 3.8) is 0 Å². The summed E-state index contributed by atoms with van der Waals surface area (Å²) in [4.78, 5) is 19.3. The first-order chi connectivity index (χ1) is 14.8. The monoisotopic (exact) mass is 433 g/mol. The van der Waals surface area contributed by atoms with Crippen molar-refractivity contribution in [3.8, 4) is 11.1 Å². The number of nitrogens with one attached hydrogen (secondary N) is 1. The second kappa shape index (κ2) is 9.63. The SMILES string of the molecule is Cl.O=C(CCCc1ccc2c(c1)-c1ccccc1C2)N1CCNCC1c1cccnc1. The molecule has 1 atom stereocenters. The number of pyridine rings is 1. The molecule has 31 heavy (non-hydrogen) atoms. The van der Waals surface area contributed by atoms with Crippen LogP contribution in [0.4, 0.5) is 0 Å². The van der Waals surface area contributed by atoms with Crippen LogP contribution in [0.25, 0.3) is 11.1 Å². The highest BCUT2D eigenvalue weighted by molar-refractivity contribution is 5.85. The zero-order valence-electron chi connectivity index (χ0n) is 17.6. The van der Waals surface area contributed by atoms with Crippen molar-refractivity contribution in [2.75, 3.05) is 19.6 Å². The molecule has 1 aliphatic heterocycles. The van der Waals surface area contributed by atoms with Gasteiger partial charge in [-0.3, -0.25) is 9.78 Å². The maximum atomic E-state index is 13.0. The van der Waals surface area contributed by atoms with Crippen LogP contribution in [-0.4, -0.2) is 35.4 Å². The van der Waals surface area contributed by atoms with Gasteiger partial charge in [-0.05, 0) is 58.7 Å². The summed E-state index contributed by atoms with van der Waals surface area (Å²) in [6, 6.07) is 19.6. The Morgan fingerprint density at radius 3 is 2.81 bits per heavy atom. The van der Waals surface area contributed by atoms with Gasteiger partial charge in [0.15, 0.2) is 0 Å². The van der Waals surface area contributed by atoms with Gasteiger partial charge in [-0.1, -0.05) is 48.5 Å². The molecule has 1 aliphatic carbocycles. The quantitative estimate of drug-likeness (QED) is 0.501. The minimum absolute atomic E-state index is 0. The molecular formula is C26H28ClN3O. The van der Waals surface area contributed by atoms with Gasteiger partial charge in [0.1, 0.15) is 0 Å². The zero-order valence-corrected chi connectivity index (χ0v) is 18.4. The van der Waals surface area contributed by atoms with Crippen LogP contribution >= 0.6 is 12.4 Å². The van der Waals surface area contributed by atoms with Crippen molar-refractivity contribution in [2.24, 2.45) is 0 Å². The first-order valence-electron chi connectivity index (χ1n) is 10.9. The van der Waals surface area contributed by atoms with E-state index in [1.807, 2.05) is 17.2 Å². The summed E-state index contributed by atoms with van der Waals surface area (Å²) >= 11 is 0. The summed E-state index contributed by atoms with van der Waals surface area (Å²) in [6.45, 7) is 2.41. The molecule has 2 heterocycles. The molecule has 0 saturated carbocycles. The summed E-state index contributed by atoms with van der Waals surface area (Å²) in [7, 11) is 0. The van der Waals surface area contributed by atoms with Crippen molar-refractivity contribution < 1.29 is 4.79 Å². The summed E-state index contributed by atoms with van der Waals surface area (Å²) in [5, 5.41) is 3.41. The maximum Gasteiger partial charge on any atom is 0.223 e. The van der Waals surface area contributed by atoms with Crippen LogP contribution in [0.1, 0.15) is 41.1 Å². The lowest BCUT2D eigenvalue weighted by Gasteiger charge is -2.36. The van der Waals surface area contributed by atoms with Crippen LogP contribution in [0.5, 0.6) is 0 Å². The molecule has 3 aromatic rings. The number of piperazine rings is 1. The number of fused-ring (bicyclic) bond motifs is 3. The van der Waals surface area contributed by atoms with Crippen LogP contribution in [-0.2, 0) is 17.6 Å². The van der Waals surface area contributed by atoms with Gasteiger partial charge in [-0.15, -0.1) is 12.4 Å². The molecule has 1 aromatic heterocycles. The minimum atomic E-state index is 0. The third kappa shape index (κ3) is 4.51. The van der Waals surface area contributed by atoms with E-state index in [0.29, 0.717) is 6.42 Å². The van der Waals surface area contributed by atoms with E-state index < -0.39 is 0 Å². The molecule has 0 radical (unpaired) electrons. The molecule has 1 saturated heterocycles. The number of amides is 1. The number of rotatable bonds is 5. The standard InChI is InChI=1S/C26H27N3O.ClH/c30-26(29-14-13-28-18-25(29)22-7-4-12-27-17-22)9-3-5-19-10-11-21-16-20-6-1-2-8-23(20)24(21)15-19;/h1-2,4,6-8,10-12,15,17,25,28H,3,5,9,13-14,16,18H2;1H. The zero-order chi connectivity index (χ0) is 20.3. The van der Waals surface area contributed by atoms with E-state index in [1.54, 1.807) is 6.20 Å². The highest BCUT2D eigenvalue weighted by atomic mass is 35.5. The first kappa shape index (κ1) is 21.5. The molecule has 2 aromatic carbocycles. The Labute approximate surface area is 190 Å². The maximum absolute atomic E-state index is 13.0. The summed E-state index contributed by atoms with van der Waals surface area (Å²) < 4.78 is 0. The van der Waals surface area contributed by atoms with Gasteiger partial charge in [0, 0.05) is 38.4 Å². The number of aryl methyl sites for hydroxylation is 1. The molecule has 1 fully saturated rings. The third-order valence-corrected chi connectivity index (χ3v) is 6.35. The molecule has 1 N–H and O–H groups in total. The Balaban J connectivity index is 0.00000231. The second-order valence-corrected chi connectivity index (χ2v) is 8.27. The van der Waals surface area contributed by atoms with Crippen molar-refractivity contribution in [2.45, 2.75) is 31.7 Å². The lowest BCUT2D eigenvalue weighted by molar-refractivity contribution is -0.134. The van der Waals surface area contributed by atoms with Gasteiger partial charge in [0.2, 0.25) is 5.91 Å². The van der Waals surface area contributed by atoms with E-state index in [0.717, 1.165) is 44.5 Å². The fourth-order valence-corrected chi connectivity index (χ4v) is 4.79. The largest absolute Gasteiger partial charge is 0.333 e. The van der Waals surface area contributed by atoms with E-state index >= 15 is 0 Å². The molecule has 2 aliphatic rings. The van der Waals surface area contributed by atoms with Crippen molar-refractivity contribution in [1.29, 1.82) is 0 Å².